The number of Topliss-reactive ketones (excluding diaryl/α,β-unsaturated/α-hetero) is 1. The second kappa shape index (κ2) is 7.63. The van der Waals surface area contributed by atoms with E-state index >= 15 is 0 Å². The first-order valence-electron chi connectivity index (χ1n) is 13.5. The van der Waals surface area contributed by atoms with Crippen molar-refractivity contribution >= 4 is 17.5 Å². The molecular formula is C30H39NO5. The Morgan fingerprint density at radius 3 is 2.42 bits per heavy atom. The number of esters is 1. The monoisotopic (exact) mass is 493 g/mol. The van der Waals surface area contributed by atoms with E-state index in [4.69, 9.17) is 4.74 Å². The van der Waals surface area contributed by atoms with Crippen molar-refractivity contribution < 1.29 is 24.2 Å². The van der Waals surface area contributed by atoms with Crippen molar-refractivity contribution in [3.05, 3.63) is 23.3 Å². The molecule has 1 N–H and O–H groups in total. The quantitative estimate of drug-likeness (QED) is 0.530. The first-order chi connectivity index (χ1) is 16.7. The zero-order valence-electron chi connectivity index (χ0n) is 22.4. The lowest BCUT2D eigenvalue weighted by molar-refractivity contribution is -0.245. The number of ketones is 2. The molecule has 0 heterocycles. The van der Waals surface area contributed by atoms with E-state index in [0.29, 0.717) is 25.7 Å². The smallest absolute Gasteiger partial charge is 0.312 e. The lowest BCUT2D eigenvalue weighted by atomic mass is 9.34. The van der Waals surface area contributed by atoms with Gasteiger partial charge in [0, 0.05) is 23.2 Å². The zero-order chi connectivity index (χ0) is 26.5. The predicted octanol–water partition coefficient (Wildman–Crippen LogP) is 4.71. The maximum Gasteiger partial charge on any atom is 0.312 e. The predicted molar refractivity (Wildman–Crippen MR) is 133 cm³/mol. The molecule has 0 radical (unpaired) electrons. The number of hydrogen-bond acceptors (Lipinski definition) is 6. The molecule has 0 bridgehead atoms. The third kappa shape index (κ3) is 2.84. The second-order valence-electron chi connectivity index (χ2n) is 13.5. The summed E-state index contributed by atoms with van der Waals surface area (Å²) < 4.78 is 5.31. The molecule has 0 aromatic carbocycles. The summed E-state index contributed by atoms with van der Waals surface area (Å²) in [5.41, 5.74) is -2.83. The lowest BCUT2D eigenvalue weighted by Gasteiger charge is -2.69. The Bertz CT molecular complexity index is 1160. The van der Waals surface area contributed by atoms with E-state index in [1.165, 1.54) is 7.11 Å². The van der Waals surface area contributed by atoms with Crippen molar-refractivity contribution in [1.82, 2.24) is 0 Å². The van der Waals surface area contributed by atoms with Crippen LogP contribution in [0, 0.1) is 56.7 Å². The number of nitrogens with zero attached hydrogens (tertiary/aromatic N) is 1. The largest absolute Gasteiger partial charge is 0.469 e. The molecule has 36 heavy (non-hydrogen) atoms. The van der Waals surface area contributed by atoms with Crippen LogP contribution < -0.4 is 0 Å². The number of hydrogen-bond donors (Lipinski definition) is 1. The van der Waals surface area contributed by atoms with Gasteiger partial charge in [0.15, 0.2) is 11.6 Å². The molecule has 0 aliphatic heterocycles. The van der Waals surface area contributed by atoms with Gasteiger partial charge in [-0.1, -0.05) is 46.3 Å². The highest BCUT2D eigenvalue weighted by Crippen LogP contribution is 2.73. The van der Waals surface area contributed by atoms with Crippen molar-refractivity contribution in [2.24, 2.45) is 45.3 Å². The molecule has 6 heteroatoms. The van der Waals surface area contributed by atoms with Crippen LogP contribution in [-0.4, -0.2) is 35.4 Å². The molecule has 0 aromatic heterocycles. The molecule has 2 unspecified atom stereocenters. The minimum absolute atomic E-state index is 0.0443. The molecule has 3 saturated carbocycles. The van der Waals surface area contributed by atoms with Crippen LogP contribution in [0.1, 0.15) is 79.6 Å². The van der Waals surface area contributed by atoms with Gasteiger partial charge in [0.1, 0.15) is 11.7 Å². The molecule has 0 aromatic rings. The number of aliphatic hydroxyl groups is 1. The average Bonchev–Trinajstić information content (AvgIpc) is 2.84. The third-order valence-electron chi connectivity index (χ3n) is 11.8. The van der Waals surface area contributed by atoms with E-state index in [2.05, 4.69) is 26.8 Å². The van der Waals surface area contributed by atoms with Crippen molar-refractivity contribution in [2.75, 3.05) is 7.11 Å². The fourth-order valence-corrected chi connectivity index (χ4v) is 9.22. The first kappa shape index (κ1) is 25.4. The molecule has 0 saturated heterocycles. The minimum Gasteiger partial charge on any atom is -0.469 e. The molecule has 8 atom stereocenters. The van der Waals surface area contributed by atoms with Gasteiger partial charge in [-0.15, -0.1) is 0 Å². The van der Waals surface area contributed by atoms with Gasteiger partial charge >= 0.3 is 5.97 Å². The molecule has 0 spiro atoms. The van der Waals surface area contributed by atoms with Crippen LogP contribution in [0.25, 0.3) is 0 Å². The van der Waals surface area contributed by atoms with Crippen LogP contribution in [-0.2, 0) is 19.1 Å². The van der Waals surface area contributed by atoms with Crippen LogP contribution >= 0.6 is 0 Å². The summed E-state index contributed by atoms with van der Waals surface area (Å²) >= 11 is 0. The van der Waals surface area contributed by atoms with Crippen LogP contribution in [0.2, 0.25) is 0 Å². The lowest BCUT2D eigenvalue weighted by Crippen LogP contribution is -2.74. The summed E-state index contributed by atoms with van der Waals surface area (Å²) in [7, 11) is 1.40. The van der Waals surface area contributed by atoms with E-state index in [-0.39, 0.29) is 46.3 Å². The fourth-order valence-electron chi connectivity index (χ4n) is 9.22. The number of carbonyl (C=O) groups excluding carboxylic acids is 3. The van der Waals surface area contributed by atoms with Gasteiger partial charge in [0.2, 0.25) is 0 Å². The van der Waals surface area contributed by atoms with Gasteiger partial charge in [-0.3, -0.25) is 14.4 Å². The number of rotatable bonds is 1. The fraction of sp³-hybridized carbons (Fsp3) is 0.733. The van der Waals surface area contributed by atoms with E-state index in [1.807, 2.05) is 13.8 Å². The Labute approximate surface area is 214 Å². The molecule has 0 amide bonds. The Morgan fingerprint density at radius 1 is 1.11 bits per heavy atom. The van der Waals surface area contributed by atoms with Gasteiger partial charge in [0.25, 0.3) is 0 Å². The Hall–Kier alpha value is -2.26. The molecule has 6 nitrogen and oxygen atoms in total. The molecule has 5 aliphatic carbocycles. The van der Waals surface area contributed by atoms with Gasteiger partial charge in [-0.2, -0.15) is 5.26 Å². The summed E-state index contributed by atoms with van der Waals surface area (Å²) in [5.74, 6) is -1.69. The maximum absolute atomic E-state index is 14.2. The molecule has 3 fully saturated rings. The highest BCUT2D eigenvalue weighted by atomic mass is 16.5. The Kier molecular flexibility index (Phi) is 5.38. The molecular weight excluding hydrogens is 454 g/mol. The maximum atomic E-state index is 14.2. The summed E-state index contributed by atoms with van der Waals surface area (Å²) in [5, 5.41) is 22.4. The van der Waals surface area contributed by atoms with E-state index < -0.39 is 27.8 Å². The van der Waals surface area contributed by atoms with Gasteiger partial charge in [-0.25, -0.2) is 0 Å². The number of allylic oxidation sites excluding steroid dienone is 3. The summed E-state index contributed by atoms with van der Waals surface area (Å²) in [4.78, 5) is 40.3. The minimum atomic E-state index is -1.69. The number of carbonyl (C=O) groups is 3. The number of ether oxygens (including phenoxy) is 1. The second-order valence-corrected chi connectivity index (χ2v) is 13.5. The van der Waals surface area contributed by atoms with Gasteiger partial charge < -0.3 is 9.84 Å². The highest BCUT2D eigenvalue weighted by molar-refractivity contribution is 6.03. The molecule has 5 rings (SSSR count). The standard InChI is InChI=1S/C30H39NO5/c1-17-19-7-8-27(4)21(20(19)13-18(16-31)24(17)33)14-23(32)30(35)22-15-26(2,3)9-11-29(22,25(34)36-6)12-10-28(27,30)5/h13-14,17,19-20,22,35H,7-12,15H2,1-6H3/t17-,19-,20?,22?,27+,28-,29-,30+/m0/s1. The highest BCUT2D eigenvalue weighted by Gasteiger charge is 2.75. The van der Waals surface area contributed by atoms with Gasteiger partial charge in [-0.05, 0) is 67.8 Å². The zero-order valence-corrected chi connectivity index (χ0v) is 22.4. The molecule has 194 valence electrons. The van der Waals surface area contributed by atoms with Crippen molar-refractivity contribution in [3.63, 3.8) is 0 Å². The van der Waals surface area contributed by atoms with Crippen LogP contribution in [0.15, 0.2) is 23.3 Å². The van der Waals surface area contributed by atoms with E-state index in [9.17, 15) is 24.8 Å². The SMILES string of the molecule is COC(=O)[C@]12CCC(C)(C)CC1[C@@]1(O)C(=O)C=C3C4C=C(C#N)C(=O)[C@@H](C)[C@@H]4CC[C@@]3(C)[C@]1(C)CC2. The Morgan fingerprint density at radius 2 is 1.78 bits per heavy atom. The van der Waals surface area contributed by atoms with Crippen LogP contribution in [0.5, 0.6) is 0 Å². The number of nitriles is 1. The van der Waals surface area contributed by atoms with Gasteiger partial charge in [0.05, 0.1) is 18.1 Å². The normalized spacial score (nSPS) is 47.2. The average molecular weight is 494 g/mol. The molecule has 5 aliphatic rings. The number of fused-ring (bicyclic) bond motifs is 7. The summed E-state index contributed by atoms with van der Waals surface area (Å²) in [6.07, 6.45) is 8.11. The van der Waals surface area contributed by atoms with E-state index in [1.54, 1.807) is 12.2 Å². The summed E-state index contributed by atoms with van der Waals surface area (Å²) in [6, 6.07) is 2.08. The third-order valence-corrected chi connectivity index (χ3v) is 11.8. The van der Waals surface area contributed by atoms with Crippen molar-refractivity contribution in [1.29, 1.82) is 5.26 Å². The van der Waals surface area contributed by atoms with Crippen molar-refractivity contribution in [3.8, 4) is 6.07 Å². The summed E-state index contributed by atoms with van der Waals surface area (Å²) in [6.45, 7) is 10.4. The first-order valence-corrected chi connectivity index (χ1v) is 13.5. The Balaban J connectivity index is 1.70. The van der Waals surface area contributed by atoms with E-state index in [0.717, 1.165) is 24.8 Å². The topological polar surface area (TPSA) is 104 Å². The van der Waals surface area contributed by atoms with Crippen LogP contribution in [0.3, 0.4) is 0 Å². The number of methoxy groups -OCH3 is 1. The van der Waals surface area contributed by atoms with Crippen LogP contribution in [0.4, 0.5) is 0 Å². The van der Waals surface area contributed by atoms with Crippen molar-refractivity contribution in [2.45, 2.75) is 85.2 Å².